The Morgan fingerprint density at radius 2 is 1.91 bits per heavy atom. The molecular weight excluding hydrogens is 851 g/mol. The van der Waals surface area contributed by atoms with Crippen LogP contribution in [0.15, 0.2) is 24.3 Å². The summed E-state index contributed by atoms with van der Waals surface area (Å²) < 4.78 is 51.0. The fourth-order valence-corrected chi connectivity index (χ4v) is 8.28. The number of amides is 2. The van der Waals surface area contributed by atoms with Gasteiger partial charge >= 0.3 is 7.82 Å². The van der Waals surface area contributed by atoms with Crippen LogP contribution in [0.3, 0.4) is 0 Å². The van der Waals surface area contributed by atoms with Crippen LogP contribution in [0.1, 0.15) is 30.6 Å². The number of nitrogens with two attached hydrogens (primary N) is 1. The van der Waals surface area contributed by atoms with Gasteiger partial charge in [0.15, 0.2) is 5.34 Å². The van der Waals surface area contributed by atoms with E-state index in [0.29, 0.717) is 30.8 Å². The maximum atomic E-state index is 12.3. The first kappa shape index (κ1) is 50.9. The summed E-state index contributed by atoms with van der Waals surface area (Å²) in [6, 6.07) is 6.26. The highest BCUT2D eigenvalue weighted by Crippen LogP contribution is 2.43. The fourth-order valence-electron chi connectivity index (χ4n) is 4.51. The van der Waals surface area contributed by atoms with Crippen molar-refractivity contribution in [2.24, 2.45) is 5.73 Å². The molecule has 1 saturated heterocycles. The number of phosphoric acid groups is 1. The molecule has 313 valence electrons. The normalized spacial score (nSPS) is 18.8. The fraction of sp³-hybridized carbons (Fsp3) is 0.625. The van der Waals surface area contributed by atoms with Crippen molar-refractivity contribution < 1.29 is 66.7 Å². The molecule has 24 heteroatoms. The van der Waals surface area contributed by atoms with E-state index < -0.39 is 51.8 Å². The Bertz CT molecular complexity index is 1520. The van der Waals surface area contributed by atoms with Crippen LogP contribution >= 0.6 is 59.4 Å². The summed E-state index contributed by atoms with van der Waals surface area (Å²) in [6.07, 6.45) is 2.60. The molecule has 1 radical (unpaired) electrons. The van der Waals surface area contributed by atoms with Crippen molar-refractivity contribution in [3.05, 3.63) is 29.8 Å². The molecule has 2 amide bonds. The van der Waals surface area contributed by atoms with E-state index in [2.05, 4.69) is 38.7 Å². The monoisotopic (exact) mass is 900 g/mol. The average molecular weight is 901 g/mol. The van der Waals surface area contributed by atoms with Crippen LogP contribution in [0.2, 0.25) is 0 Å². The molecule has 1 aromatic rings. The van der Waals surface area contributed by atoms with Gasteiger partial charge in [0.1, 0.15) is 35.9 Å². The molecule has 1 heterocycles. The summed E-state index contributed by atoms with van der Waals surface area (Å²) in [5.41, 5.74) is 4.79. The van der Waals surface area contributed by atoms with Crippen LogP contribution in [0, 0.1) is 23.6 Å². The van der Waals surface area contributed by atoms with E-state index in [0.717, 1.165) is 0 Å². The molecule has 56 heavy (non-hydrogen) atoms. The Morgan fingerprint density at radius 1 is 1.16 bits per heavy atom. The predicted molar refractivity (Wildman–Crippen MR) is 222 cm³/mol. The smallest absolute Gasteiger partial charge is 0.469 e. The van der Waals surface area contributed by atoms with E-state index in [1.165, 1.54) is 57.0 Å². The second-order valence-corrected chi connectivity index (χ2v) is 19.3. The van der Waals surface area contributed by atoms with Crippen molar-refractivity contribution in [1.82, 2.24) is 10.6 Å². The van der Waals surface area contributed by atoms with E-state index in [1.54, 1.807) is 37.8 Å². The molecule has 0 aliphatic carbocycles. The standard InChI is InChI=1S/C32H49BN3O14P2S4/c1-5-10-32(2,51(39)40)47-19-26-25(50-30(56-54-4)22-48-52(41,42)43)18-27(49-26)33-11-7-13-35-28(37)20-44-15-16-45-29(55-53-3)21-46-24-9-6-8-23(17-24)31(38)36-14-12-34/h6,8-9,17,25-27,29-30,39-40H,12-16,18-22,34H2,1-4H3,(H,35,37)(H,36,38)(H2,41,42,43)/t25-,26?,27-,29?,30-,32?/m1/s1. The molecule has 0 bridgehead atoms. The molecular formula is C32H49BN3O14P2S4. The van der Waals surface area contributed by atoms with E-state index >= 15 is 0 Å². The van der Waals surface area contributed by atoms with Crippen molar-refractivity contribution in [1.29, 1.82) is 0 Å². The summed E-state index contributed by atoms with van der Waals surface area (Å²) >= 11 is 0. The molecule has 2 rings (SSSR count). The van der Waals surface area contributed by atoms with Crippen molar-refractivity contribution >= 4 is 78.5 Å². The van der Waals surface area contributed by atoms with Crippen molar-refractivity contribution in [2.75, 3.05) is 71.8 Å². The lowest BCUT2D eigenvalue weighted by Gasteiger charge is -2.29. The highest BCUT2D eigenvalue weighted by atomic mass is 33.1. The minimum atomic E-state index is -4.74. The lowest BCUT2D eigenvalue weighted by molar-refractivity contribution is -0.126. The molecule has 0 saturated carbocycles. The first-order chi connectivity index (χ1) is 26.7. The van der Waals surface area contributed by atoms with Crippen molar-refractivity contribution in [3.8, 4) is 29.3 Å². The van der Waals surface area contributed by atoms with Gasteiger partial charge in [-0.05, 0) is 51.0 Å². The number of ether oxygens (including phenoxy) is 6. The van der Waals surface area contributed by atoms with Crippen LogP contribution in [0.4, 0.5) is 0 Å². The number of benzene rings is 1. The molecule has 1 aliphatic rings. The summed E-state index contributed by atoms with van der Waals surface area (Å²) in [4.78, 5) is 62.6. The Kier molecular flexibility index (Phi) is 25.7. The number of nitrogens with one attached hydrogen (secondary N) is 2. The molecule has 0 spiro atoms. The predicted octanol–water partition coefficient (Wildman–Crippen LogP) is 1.91. The summed E-state index contributed by atoms with van der Waals surface area (Å²) in [5, 5.41) is 3.82. The van der Waals surface area contributed by atoms with Crippen molar-refractivity contribution in [2.45, 2.75) is 54.7 Å². The molecule has 8 N–H and O–H groups in total. The van der Waals surface area contributed by atoms with Gasteiger partial charge in [-0.15, -0.1) is 5.92 Å². The first-order valence-corrected chi connectivity index (χ1v) is 24.9. The van der Waals surface area contributed by atoms with E-state index in [-0.39, 0.29) is 56.8 Å². The van der Waals surface area contributed by atoms with Crippen LogP contribution in [0.25, 0.3) is 0 Å². The zero-order chi connectivity index (χ0) is 41.4. The van der Waals surface area contributed by atoms with Gasteiger partial charge in [0.05, 0.1) is 39.1 Å². The van der Waals surface area contributed by atoms with Gasteiger partial charge in [-0.3, -0.25) is 14.1 Å². The lowest BCUT2D eigenvalue weighted by Crippen LogP contribution is -2.36. The zero-order valence-electron chi connectivity index (χ0n) is 31.3. The highest BCUT2D eigenvalue weighted by Gasteiger charge is 2.41. The topological polar surface area (TPSA) is 247 Å². The molecule has 1 fully saturated rings. The van der Waals surface area contributed by atoms with Gasteiger partial charge < -0.3 is 64.4 Å². The second-order valence-electron chi connectivity index (χ2n) is 11.3. The Labute approximate surface area is 345 Å². The Hall–Kier alpha value is -1.24. The number of rotatable bonds is 27. The third-order valence-corrected chi connectivity index (χ3v) is 12.3. The molecule has 17 nitrogen and oxygen atoms in total. The van der Waals surface area contributed by atoms with Crippen LogP contribution < -0.4 is 21.1 Å². The van der Waals surface area contributed by atoms with Gasteiger partial charge in [0.2, 0.25) is 14.3 Å². The number of carbonyl (C=O) groups is 2. The maximum absolute atomic E-state index is 12.3. The average Bonchev–Trinajstić information content (AvgIpc) is 3.54. The molecule has 1 aliphatic heterocycles. The number of carbonyl (C=O) groups excluding carboxylic acids is 2. The number of hydrogen-bond donors (Lipinski definition) is 7. The maximum Gasteiger partial charge on any atom is 0.469 e. The summed E-state index contributed by atoms with van der Waals surface area (Å²) in [5.74, 6) is 10.9. The van der Waals surface area contributed by atoms with Crippen LogP contribution in [-0.4, -0.2) is 145 Å². The Balaban J connectivity index is 1.80. The zero-order valence-corrected chi connectivity index (χ0v) is 36.4. The van der Waals surface area contributed by atoms with Gasteiger partial charge in [0, 0.05) is 24.7 Å². The second kappa shape index (κ2) is 28.3. The summed E-state index contributed by atoms with van der Waals surface area (Å²) in [7, 11) is -0.256. The highest BCUT2D eigenvalue weighted by molar-refractivity contribution is 8.76. The molecule has 1 aromatic carbocycles. The van der Waals surface area contributed by atoms with E-state index in [4.69, 9.17) is 43.9 Å². The van der Waals surface area contributed by atoms with Crippen LogP contribution in [-0.2, 0) is 37.6 Å². The van der Waals surface area contributed by atoms with E-state index in [1.807, 2.05) is 6.26 Å². The summed E-state index contributed by atoms with van der Waals surface area (Å²) in [6.45, 7) is 3.58. The third kappa shape index (κ3) is 21.1. The molecule has 6 atom stereocenters. The molecule has 0 aromatic heterocycles. The van der Waals surface area contributed by atoms with Crippen molar-refractivity contribution in [3.63, 3.8) is 0 Å². The minimum Gasteiger partial charge on any atom is -0.490 e. The lowest BCUT2D eigenvalue weighted by atomic mass is 9.71. The van der Waals surface area contributed by atoms with Crippen LogP contribution in [0.5, 0.6) is 5.75 Å². The SMILES string of the molecule is CC#CC(C)(OCC1O[C@@H]([B]C#CCNC(=O)COCCOC(COc2cccc(C(=O)NCCN)c2)SSC)C[C@H]1O[C@@H](COP(=O)(O)O)SSC)P(O)O. The minimum absolute atomic E-state index is 0.0325. The van der Waals surface area contributed by atoms with Gasteiger partial charge in [0.25, 0.3) is 13.2 Å². The van der Waals surface area contributed by atoms with Gasteiger partial charge in [-0.1, -0.05) is 61.1 Å². The number of hydrogen-bond acceptors (Lipinski definition) is 17. The quantitative estimate of drug-likeness (QED) is 0.0166. The number of phosphoric ester groups is 1. The Morgan fingerprint density at radius 3 is 2.59 bits per heavy atom. The molecule has 3 unspecified atom stereocenters. The van der Waals surface area contributed by atoms with Gasteiger partial charge in [-0.25, -0.2) is 4.57 Å². The van der Waals surface area contributed by atoms with Gasteiger partial charge in [-0.2, -0.15) is 5.82 Å². The largest absolute Gasteiger partial charge is 0.490 e. The van der Waals surface area contributed by atoms with E-state index in [9.17, 15) is 23.9 Å². The third-order valence-electron chi connectivity index (χ3n) is 7.03. The first-order valence-electron chi connectivity index (χ1n) is 16.9.